The van der Waals surface area contributed by atoms with E-state index in [-0.39, 0.29) is 18.3 Å². The molecule has 0 bridgehead atoms. The summed E-state index contributed by atoms with van der Waals surface area (Å²) in [6.07, 6.45) is 0. The van der Waals surface area contributed by atoms with Crippen LogP contribution in [0.1, 0.15) is 12.5 Å². The van der Waals surface area contributed by atoms with Gasteiger partial charge in [0.05, 0.1) is 0 Å². The smallest absolute Gasteiger partial charge is 0.127 e. The van der Waals surface area contributed by atoms with E-state index in [0.717, 1.165) is 5.75 Å². The van der Waals surface area contributed by atoms with E-state index < -0.39 is 0 Å². The molecule has 1 nitrogen and oxygen atoms in total. The second kappa shape index (κ2) is 6.36. The van der Waals surface area contributed by atoms with Crippen molar-refractivity contribution in [1.29, 1.82) is 0 Å². The van der Waals surface area contributed by atoms with Gasteiger partial charge in [0.1, 0.15) is 5.82 Å². The zero-order valence-electron chi connectivity index (χ0n) is 8.54. The molecule has 1 rings (SSSR count). The van der Waals surface area contributed by atoms with Crippen LogP contribution in [-0.4, -0.2) is 17.5 Å². The van der Waals surface area contributed by atoms with Crippen molar-refractivity contribution in [2.24, 2.45) is 5.92 Å². The largest absolute Gasteiger partial charge is 0.396 e. The number of benzene rings is 1. The van der Waals surface area contributed by atoms with Crippen LogP contribution in [0.15, 0.2) is 18.2 Å². The van der Waals surface area contributed by atoms with Gasteiger partial charge in [-0.05, 0) is 35.4 Å². The highest BCUT2D eigenvalue weighted by Crippen LogP contribution is 2.21. The highest BCUT2D eigenvalue weighted by molar-refractivity contribution is 7.98. The summed E-state index contributed by atoms with van der Waals surface area (Å²) in [7, 11) is 0. The highest BCUT2D eigenvalue weighted by Gasteiger charge is 2.05. The second-order valence-electron chi connectivity index (χ2n) is 3.54. The fourth-order valence-corrected chi connectivity index (χ4v) is 2.34. The summed E-state index contributed by atoms with van der Waals surface area (Å²) < 4.78 is 13.3. The SMILES string of the molecule is CC(CO)CSCc1cc(Cl)ccc1F. The van der Waals surface area contributed by atoms with Gasteiger partial charge in [-0.1, -0.05) is 18.5 Å². The summed E-state index contributed by atoms with van der Waals surface area (Å²) >= 11 is 7.37. The first-order valence-corrected chi connectivity index (χ1v) is 6.29. The van der Waals surface area contributed by atoms with Gasteiger partial charge in [0.2, 0.25) is 0 Å². The van der Waals surface area contributed by atoms with Crippen LogP contribution < -0.4 is 0 Å². The van der Waals surface area contributed by atoms with E-state index in [4.69, 9.17) is 16.7 Å². The zero-order chi connectivity index (χ0) is 11.3. The molecule has 1 atom stereocenters. The van der Waals surface area contributed by atoms with Gasteiger partial charge < -0.3 is 5.11 Å². The summed E-state index contributed by atoms with van der Waals surface area (Å²) in [4.78, 5) is 0. The third kappa shape index (κ3) is 4.41. The Kier molecular flexibility index (Phi) is 5.43. The van der Waals surface area contributed by atoms with Crippen LogP contribution in [0.4, 0.5) is 4.39 Å². The maximum absolute atomic E-state index is 13.3. The maximum atomic E-state index is 13.3. The quantitative estimate of drug-likeness (QED) is 0.863. The van der Waals surface area contributed by atoms with Crippen LogP contribution in [0.3, 0.4) is 0 Å². The molecule has 0 heterocycles. The Labute approximate surface area is 98.6 Å². The van der Waals surface area contributed by atoms with E-state index in [1.54, 1.807) is 23.9 Å². The highest BCUT2D eigenvalue weighted by atomic mass is 35.5. The lowest BCUT2D eigenvalue weighted by Crippen LogP contribution is -2.03. The van der Waals surface area contributed by atoms with E-state index in [1.165, 1.54) is 6.07 Å². The minimum Gasteiger partial charge on any atom is -0.396 e. The monoisotopic (exact) mass is 248 g/mol. The number of rotatable bonds is 5. The predicted molar refractivity (Wildman–Crippen MR) is 63.8 cm³/mol. The lowest BCUT2D eigenvalue weighted by molar-refractivity contribution is 0.250. The van der Waals surface area contributed by atoms with Crippen LogP contribution >= 0.6 is 23.4 Å². The third-order valence-corrected chi connectivity index (χ3v) is 3.53. The van der Waals surface area contributed by atoms with Crippen molar-refractivity contribution in [2.75, 3.05) is 12.4 Å². The van der Waals surface area contributed by atoms with E-state index >= 15 is 0 Å². The molecule has 4 heteroatoms. The fraction of sp³-hybridized carbons (Fsp3) is 0.455. The first-order valence-electron chi connectivity index (χ1n) is 4.76. The molecule has 0 saturated carbocycles. The molecular formula is C11H14ClFOS. The molecule has 15 heavy (non-hydrogen) atoms. The molecule has 0 amide bonds. The van der Waals surface area contributed by atoms with Crippen molar-refractivity contribution in [1.82, 2.24) is 0 Å². The Morgan fingerprint density at radius 1 is 1.53 bits per heavy atom. The van der Waals surface area contributed by atoms with E-state index in [2.05, 4.69) is 0 Å². The van der Waals surface area contributed by atoms with Crippen LogP contribution in [0.25, 0.3) is 0 Å². The second-order valence-corrected chi connectivity index (χ2v) is 5.01. The molecule has 0 aliphatic rings. The first-order chi connectivity index (χ1) is 7.13. The molecule has 0 aliphatic carbocycles. The number of thioether (sulfide) groups is 1. The van der Waals surface area contributed by atoms with Gasteiger partial charge in [0, 0.05) is 17.4 Å². The van der Waals surface area contributed by atoms with Gasteiger partial charge in [-0.15, -0.1) is 0 Å². The van der Waals surface area contributed by atoms with E-state index in [1.807, 2.05) is 6.92 Å². The summed E-state index contributed by atoms with van der Waals surface area (Å²) in [6.45, 7) is 2.13. The summed E-state index contributed by atoms with van der Waals surface area (Å²) in [5.41, 5.74) is 0.623. The molecule has 0 fully saturated rings. The van der Waals surface area contributed by atoms with Gasteiger partial charge in [-0.3, -0.25) is 0 Å². The lowest BCUT2D eigenvalue weighted by atomic mass is 10.2. The summed E-state index contributed by atoms with van der Waals surface area (Å²) in [5.74, 6) is 1.44. The Bertz CT molecular complexity index is 319. The minimum atomic E-state index is -0.219. The van der Waals surface area contributed by atoms with Gasteiger partial charge in [-0.25, -0.2) is 4.39 Å². The number of hydrogen-bond donors (Lipinski definition) is 1. The molecule has 0 aromatic heterocycles. The van der Waals surface area contributed by atoms with Gasteiger partial charge in [0.25, 0.3) is 0 Å². The number of halogens is 2. The minimum absolute atomic E-state index is 0.172. The molecule has 1 unspecified atom stereocenters. The van der Waals surface area contributed by atoms with Gasteiger partial charge in [0.15, 0.2) is 0 Å². The fourth-order valence-electron chi connectivity index (χ4n) is 1.08. The van der Waals surface area contributed by atoms with E-state index in [0.29, 0.717) is 16.3 Å². The molecule has 0 radical (unpaired) electrons. The standard InChI is InChI=1S/C11H14ClFOS/c1-8(5-14)6-15-7-9-4-10(12)2-3-11(9)13/h2-4,8,14H,5-7H2,1H3. The maximum Gasteiger partial charge on any atom is 0.127 e. The molecule has 0 aliphatic heterocycles. The number of aliphatic hydroxyl groups excluding tert-OH is 1. The summed E-state index contributed by atoms with van der Waals surface area (Å²) in [6, 6.07) is 4.57. The third-order valence-electron chi connectivity index (χ3n) is 1.98. The van der Waals surface area contributed by atoms with Crippen molar-refractivity contribution in [3.8, 4) is 0 Å². The average molecular weight is 249 g/mol. The van der Waals surface area contributed by atoms with Crippen LogP contribution in [0.5, 0.6) is 0 Å². The average Bonchev–Trinajstić information content (AvgIpc) is 2.23. The molecule has 1 N–H and O–H groups in total. The van der Waals surface area contributed by atoms with Gasteiger partial charge in [-0.2, -0.15) is 11.8 Å². The van der Waals surface area contributed by atoms with E-state index in [9.17, 15) is 4.39 Å². The topological polar surface area (TPSA) is 20.2 Å². The Morgan fingerprint density at radius 3 is 2.93 bits per heavy atom. The molecule has 84 valence electrons. The lowest BCUT2D eigenvalue weighted by Gasteiger charge is -2.07. The van der Waals surface area contributed by atoms with Crippen molar-refractivity contribution in [2.45, 2.75) is 12.7 Å². The van der Waals surface area contributed by atoms with Crippen molar-refractivity contribution < 1.29 is 9.50 Å². The zero-order valence-corrected chi connectivity index (χ0v) is 10.1. The molecular weight excluding hydrogens is 235 g/mol. The summed E-state index contributed by atoms with van der Waals surface area (Å²) in [5, 5.41) is 9.38. The number of aliphatic hydroxyl groups is 1. The van der Waals surface area contributed by atoms with Crippen LogP contribution in [-0.2, 0) is 5.75 Å². The molecule has 0 spiro atoms. The van der Waals surface area contributed by atoms with Gasteiger partial charge >= 0.3 is 0 Å². The van der Waals surface area contributed by atoms with Crippen molar-refractivity contribution >= 4 is 23.4 Å². The van der Waals surface area contributed by atoms with Crippen molar-refractivity contribution in [3.05, 3.63) is 34.6 Å². The first kappa shape index (κ1) is 12.8. The Balaban J connectivity index is 2.46. The van der Waals surface area contributed by atoms with Crippen molar-refractivity contribution in [3.63, 3.8) is 0 Å². The van der Waals surface area contributed by atoms with Crippen LogP contribution in [0, 0.1) is 11.7 Å². The number of hydrogen-bond acceptors (Lipinski definition) is 2. The molecule has 1 aromatic rings. The Hall–Kier alpha value is -0.250. The normalized spacial score (nSPS) is 12.8. The Morgan fingerprint density at radius 2 is 2.27 bits per heavy atom. The predicted octanol–water partition coefficient (Wildman–Crippen LogP) is 3.34. The molecule has 1 aromatic carbocycles. The molecule has 0 saturated heterocycles. The van der Waals surface area contributed by atoms with Crippen LogP contribution in [0.2, 0.25) is 5.02 Å².